The van der Waals surface area contributed by atoms with Gasteiger partial charge in [-0.2, -0.15) is 23.4 Å². The molecule has 11 heteroatoms. The van der Waals surface area contributed by atoms with E-state index in [9.17, 15) is 13.2 Å². The first kappa shape index (κ1) is 17.4. The molecule has 2 rings (SSSR count). The van der Waals surface area contributed by atoms with Crippen LogP contribution in [-0.2, 0) is 10.2 Å². The minimum atomic E-state index is -4.12. The summed E-state index contributed by atoms with van der Waals surface area (Å²) in [6.45, 7) is 3.31. The van der Waals surface area contributed by atoms with Crippen LogP contribution in [0.1, 0.15) is 11.4 Å². The Hall–Kier alpha value is -2.95. The topological polar surface area (TPSA) is 135 Å². The maximum atomic E-state index is 12.0. The van der Waals surface area contributed by atoms with Crippen molar-refractivity contribution in [3.63, 3.8) is 0 Å². The van der Waals surface area contributed by atoms with Crippen molar-refractivity contribution in [2.24, 2.45) is 0 Å². The maximum absolute atomic E-state index is 12.0. The van der Waals surface area contributed by atoms with Gasteiger partial charge < -0.3 is 4.74 Å². The van der Waals surface area contributed by atoms with Crippen LogP contribution in [-0.4, -0.2) is 36.5 Å². The number of nitrogens with one attached hydrogen (secondary N) is 3. The van der Waals surface area contributed by atoms with Gasteiger partial charge in [-0.05, 0) is 25.5 Å². The summed E-state index contributed by atoms with van der Waals surface area (Å²) in [5.41, 5.74) is 1.07. The Balaban J connectivity index is 2.06. The highest BCUT2D eigenvalue weighted by Gasteiger charge is 2.16. The molecule has 128 valence electrons. The standard InChI is InChI=1S/C13H16N6O4S/c1-8-6-4-5-7-10(8)18-24(21,22)19-12(20)16-11-14-9(2)15-13(17-11)23-3/h4-7,18H,1-3H3,(H2,14,15,16,17,19,20). The molecule has 0 aliphatic heterocycles. The van der Waals surface area contributed by atoms with E-state index >= 15 is 0 Å². The number of aromatic nitrogens is 3. The number of carbonyl (C=O) groups excluding carboxylic acids is 1. The Labute approximate surface area is 138 Å². The van der Waals surface area contributed by atoms with Crippen molar-refractivity contribution in [2.45, 2.75) is 13.8 Å². The molecule has 0 unspecified atom stereocenters. The highest BCUT2D eigenvalue weighted by molar-refractivity contribution is 7.91. The lowest BCUT2D eigenvalue weighted by atomic mass is 10.2. The number of urea groups is 1. The van der Waals surface area contributed by atoms with E-state index in [1.165, 1.54) is 7.11 Å². The van der Waals surface area contributed by atoms with E-state index in [-0.39, 0.29) is 12.0 Å². The van der Waals surface area contributed by atoms with E-state index in [0.29, 0.717) is 17.1 Å². The lowest BCUT2D eigenvalue weighted by Crippen LogP contribution is -2.38. The molecule has 1 aromatic heterocycles. The lowest BCUT2D eigenvalue weighted by Gasteiger charge is -2.11. The largest absolute Gasteiger partial charge is 0.467 e. The highest BCUT2D eigenvalue weighted by atomic mass is 32.2. The molecule has 1 aromatic carbocycles. The van der Waals surface area contributed by atoms with Crippen LogP contribution in [0.15, 0.2) is 24.3 Å². The molecule has 0 spiro atoms. The number of para-hydroxylation sites is 1. The highest BCUT2D eigenvalue weighted by Crippen LogP contribution is 2.14. The Bertz CT molecular complexity index is 855. The first-order valence-electron chi connectivity index (χ1n) is 6.73. The zero-order valence-corrected chi connectivity index (χ0v) is 14.0. The third kappa shape index (κ3) is 4.78. The van der Waals surface area contributed by atoms with Gasteiger partial charge in [0.2, 0.25) is 5.95 Å². The van der Waals surface area contributed by atoms with Gasteiger partial charge in [-0.25, -0.2) is 9.52 Å². The second-order valence-electron chi connectivity index (χ2n) is 4.67. The number of rotatable bonds is 5. The van der Waals surface area contributed by atoms with Crippen LogP contribution in [0.3, 0.4) is 0 Å². The number of ether oxygens (including phenoxy) is 1. The summed E-state index contributed by atoms with van der Waals surface area (Å²) >= 11 is 0. The van der Waals surface area contributed by atoms with E-state index in [1.54, 1.807) is 38.1 Å². The van der Waals surface area contributed by atoms with Gasteiger partial charge in [0.25, 0.3) is 0 Å². The zero-order chi connectivity index (χ0) is 17.7. The van der Waals surface area contributed by atoms with Gasteiger partial charge in [-0.15, -0.1) is 0 Å². The lowest BCUT2D eigenvalue weighted by molar-refractivity contribution is 0.256. The minimum Gasteiger partial charge on any atom is -0.467 e. The Morgan fingerprint density at radius 2 is 1.83 bits per heavy atom. The molecule has 0 saturated carbocycles. The number of aryl methyl sites for hydroxylation is 2. The molecular formula is C13H16N6O4S. The van der Waals surface area contributed by atoms with E-state index in [1.807, 2.05) is 4.72 Å². The van der Waals surface area contributed by atoms with Crippen LogP contribution in [0, 0.1) is 13.8 Å². The summed E-state index contributed by atoms with van der Waals surface area (Å²) in [5, 5.41) is 2.20. The fourth-order valence-corrected chi connectivity index (χ4v) is 2.58. The summed E-state index contributed by atoms with van der Waals surface area (Å²) in [5.74, 6) is 0.168. The number of hydrogen-bond donors (Lipinski definition) is 3. The number of carbonyl (C=O) groups is 1. The summed E-state index contributed by atoms with van der Waals surface area (Å²) in [4.78, 5) is 23.3. The van der Waals surface area contributed by atoms with Crippen molar-refractivity contribution in [3.8, 4) is 6.01 Å². The molecule has 0 aliphatic carbocycles. The molecule has 2 amide bonds. The second-order valence-corrected chi connectivity index (χ2v) is 6.08. The van der Waals surface area contributed by atoms with Gasteiger partial charge in [0, 0.05) is 0 Å². The monoisotopic (exact) mass is 352 g/mol. The summed E-state index contributed by atoms with van der Waals surface area (Å²) in [6.07, 6.45) is 0. The average Bonchev–Trinajstić information content (AvgIpc) is 2.48. The van der Waals surface area contributed by atoms with Crippen LogP contribution in [0.5, 0.6) is 6.01 Å². The predicted molar refractivity (Wildman–Crippen MR) is 87.0 cm³/mol. The molecule has 0 aliphatic rings. The number of anilines is 2. The van der Waals surface area contributed by atoms with E-state index in [0.717, 1.165) is 0 Å². The van der Waals surface area contributed by atoms with Crippen molar-refractivity contribution < 1.29 is 17.9 Å². The maximum Gasteiger partial charge on any atom is 0.336 e. The summed E-state index contributed by atoms with van der Waals surface area (Å²) in [7, 11) is -2.76. The number of amides is 2. The third-order valence-corrected chi connectivity index (χ3v) is 3.69. The number of nitrogens with zero attached hydrogens (tertiary/aromatic N) is 3. The summed E-state index contributed by atoms with van der Waals surface area (Å²) in [6, 6.07) is 5.72. The van der Waals surface area contributed by atoms with Crippen LogP contribution in [0.25, 0.3) is 0 Å². The van der Waals surface area contributed by atoms with Crippen molar-refractivity contribution in [3.05, 3.63) is 35.7 Å². The summed E-state index contributed by atoms with van der Waals surface area (Å²) < 4.78 is 32.9. The van der Waals surface area contributed by atoms with Crippen LogP contribution in [0.4, 0.5) is 16.4 Å². The normalized spacial score (nSPS) is 10.8. The smallest absolute Gasteiger partial charge is 0.336 e. The van der Waals surface area contributed by atoms with Gasteiger partial charge in [-0.1, -0.05) is 18.2 Å². The number of benzene rings is 1. The van der Waals surface area contributed by atoms with Gasteiger partial charge >= 0.3 is 22.3 Å². The Kier molecular flexibility index (Phi) is 5.14. The van der Waals surface area contributed by atoms with Gasteiger partial charge in [0.15, 0.2) is 0 Å². The molecule has 0 fully saturated rings. The molecule has 1 heterocycles. The fourth-order valence-electron chi connectivity index (χ4n) is 1.71. The molecule has 3 N–H and O–H groups in total. The molecule has 2 aromatic rings. The van der Waals surface area contributed by atoms with Crippen LogP contribution >= 0.6 is 0 Å². The van der Waals surface area contributed by atoms with Gasteiger partial charge in [0.05, 0.1) is 12.8 Å². The first-order valence-corrected chi connectivity index (χ1v) is 8.21. The van der Waals surface area contributed by atoms with Crippen LogP contribution < -0.4 is 19.5 Å². The SMILES string of the molecule is COc1nc(C)nc(NC(=O)NS(=O)(=O)Nc2ccccc2C)n1. The molecule has 0 saturated heterocycles. The van der Waals surface area contributed by atoms with Crippen molar-refractivity contribution in [2.75, 3.05) is 17.1 Å². The molecule has 0 atom stereocenters. The third-order valence-electron chi connectivity index (χ3n) is 2.75. The van der Waals surface area contributed by atoms with Crippen molar-refractivity contribution >= 4 is 27.9 Å². The molecule has 0 bridgehead atoms. The minimum absolute atomic E-state index is 0.00121. The quantitative estimate of drug-likeness (QED) is 0.729. The van der Waals surface area contributed by atoms with E-state index in [2.05, 4.69) is 25.0 Å². The fraction of sp³-hybridized carbons (Fsp3) is 0.231. The Morgan fingerprint density at radius 3 is 2.50 bits per heavy atom. The Morgan fingerprint density at radius 1 is 1.12 bits per heavy atom. The number of methoxy groups -OCH3 is 1. The molecule has 10 nitrogen and oxygen atoms in total. The van der Waals surface area contributed by atoms with E-state index in [4.69, 9.17) is 4.74 Å². The van der Waals surface area contributed by atoms with Gasteiger partial charge in [0.1, 0.15) is 5.82 Å². The van der Waals surface area contributed by atoms with Crippen LogP contribution in [0.2, 0.25) is 0 Å². The first-order chi connectivity index (χ1) is 11.3. The van der Waals surface area contributed by atoms with Crippen molar-refractivity contribution in [1.82, 2.24) is 19.7 Å². The van der Waals surface area contributed by atoms with E-state index < -0.39 is 16.2 Å². The van der Waals surface area contributed by atoms with Crippen molar-refractivity contribution in [1.29, 1.82) is 0 Å². The average molecular weight is 352 g/mol. The number of hydrogen-bond acceptors (Lipinski definition) is 7. The molecular weight excluding hydrogens is 336 g/mol. The van der Waals surface area contributed by atoms with Gasteiger partial charge in [-0.3, -0.25) is 10.0 Å². The molecule has 0 radical (unpaired) electrons. The predicted octanol–water partition coefficient (Wildman–Crippen LogP) is 0.975. The zero-order valence-electron chi connectivity index (χ0n) is 13.2. The molecule has 24 heavy (non-hydrogen) atoms. The second kappa shape index (κ2) is 7.08.